The molecule has 7 heteroatoms. The highest BCUT2D eigenvalue weighted by molar-refractivity contribution is 8.22. The van der Waals surface area contributed by atoms with E-state index in [4.69, 9.17) is 0 Å². The maximum Gasteiger partial charge on any atom is 0.267 e. The Kier molecular flexibility index (Phi) is 4.79. The Morgan fingerprint density at radius 3 is 2.71 bits per heavy atom. The van der Waals surface area contributed by atoms with Gasteiger partial charge < -0.3 is 0 Å². The molecule has 126 valence electrons. The number of carbonyl (C=O) groups excluding carboxylic acids is 1. The van der Waals surface area contributed by atoms with Gasteiger partial charge >= 0.3 is 0 Å². The lowest BCUT2D eigenvalue weighted by Gasteiger charge is -2.28. The van der Waals surface area contributed by atoms with Crippen LogP contribution in [0.25, 0.3) is 10.8 Å². The van der Waals surface area contributed by atoms with E-state index in [1.54, 1.807) is 0 Å². The van der Waals surface area contributed by atoms with Crippen LogP contribution in [0.5, 0.6) is 0 Å². The maximum absolute atomic E-state index is 12.0. The van der Waals surface area contributed by atoms with Crippen molar-refractivity contribution in [1.29, 1.82) is 0 Å². The zero-order chi connectivity index (χ0) is 17.4. The first-order chi connectivity index (χ1) is 11.3. The summed E-state index contributed by atoms with van der Waals surface area (Å²) in [5, 5.41) is 1.55. The summed E-state index contributed by atoms with van der Waals surface area (Å²) < 4.78 is 31.9. The minimum atomic E-state index is -4.22. The molecule has 0 radical (unpaired) electrons. The van der Waals surface area contributed by atoms with E-state index in [1.807, 2.05) is 42.5 Å². The molecule has 24 heavy (non-hydrogen) atoms. The molecular weight excluding hydrogens is 364 g/mol. The molecule has 4 nitrogen and oxygen atoms in total. The van der Waals surface area contributed by atoms with Gasteiger partial charge in [-0.2, -0.15) is 8.42 Å². The van der Waals surface area contributed by atoms with E-state index in [1.165, 1.54) is 29.6 Å². The molecular formula is C17H16O4S3. The predicted octanol–water partition coefficient (Wildman–Crippen LogP) is 3.48. The molecule has 0 saturated carbocycles. The third kappa shape index (κ3) is 3.39. The highest BCUT2D eigenvalue weighted by Crippen LogP contribution is 2.57. The zero-order valence-electron chi connectivity index (χ0n) is 12.7. The summed E-state index contributed by atoms with van der Waals surface area (Å²) in [5.74, 6) is -0.0802. The molecule has 1 fully saturated rings. The molecule has 1 saturated heterocycles. The van der Waals surface area contributed by atoms with Crippen LogP contribution < -0.4 is 0 Å². The Morgan fingerprint density at radius 1 is 1.29 bits per heavy atom. The van der Waals surface area contributed by atoms with Crippen LogP contribution in [0.1, 0.15) is 5.56 Å². The van der Waals surface area contributed by atoms with Gasteiger partial charge in [0.15, 0.2) is 5.78 Å². The predicted molar refractivity (Wildman–Crippen MR) is 101 cm³/mol. The summed E-state index contributed by atoms with van der Waals surface area (Å²) in [5.41, 5.74) is 0.813. The van der Waals surface area contributed by atoms with Crippen molar-refractivity contribution < 1.29 is 17.8 Å². The van der Waals surface area contributed by atoms with E-state index in [9.17, 15) is 17.8 Å². The van der Waals surface area contributed by atoms with E-state index in [-0.39, 0.29) is 11.0 Å². The normalized spacial score (nSPS) is 24.1. The molecule has 1 aliphatic heterocycles. The highest BCUT2D eigenvalue weighted by Gasteiger charge is 2.47. The van der Waals surface area contributed by atoms with E-state index in [0.29, 0.717) is 5.75 Å². The van der Waals surface area contributed by atoms with E-state index in [0.717, 1.165) is 16.3 Å². The third-order valence-electron chi connectivity index (χ3n) is 3.89. The maximum atomic E-state index is 12.0. The number of ketones is 1. The molecule has 0 aromatic heterocycles. The van der Waals surface area contributed by atoms with E-state index >= 15 is 0 Å². The number of hydrogen-bond acceptors (Lipinski definition) is 5. The summed E-state index contributed by atoms with van der Waals surface area (Å²) >= 11 is 2.68. The first kappa shape index (κ1) is 17.5. The van der Waals surface area contributed by atoms with E-state index < -0.39 is 20.0 Å². The second kappa shape index (κ2) is 6.55. The van der Waals surface area contributed by atoms with Crippen molar-refractivity contribution in [1.82, 2.24) is 0 Å². The average molecular weight is 381 g/mol. The van der Waals surface area contributed by atoms with Gasteiger partial charge in [0.05, 0.1) is 5.25 Å². The fourth-order valence-corrected chi connectivity index (χ4v) is 8.20. The number of allylic oxidation sites excluding steroid dienone is 1. The van der Waals surface area contributed by atoms with Crippen LogP contribution in [0, 0.1) is 0 Å². The fourth-order valence-electron chi connectivity index (χ4n) is 2.87. The van der Waals surface area contributed by atoms with Gasteiger partial charge in [0.2, 0.25) is 0 Å². The number of benzene rings is 2. The lowest BCUT2D eigenvalue weighted by Crippen LogP contribution is -2.27. The molecule has 0 amide bonds. The van der Waals surface area contributed by atoms with Crippen LogP contribution >= 0.6 is 23.5 Å². The topological polar surface area (TPSA) is 71.4 Å². The fraction of sp³-hybridized carbons (Fsp3) is 0.235. The zero-order valence-corrected chi connectivity index (χ0v) is 15.2. The molecule has 1 heterocycles. The minimum Gasteiger partial charge on any atom is -0.294 e. The molecule has 2 unspecified atom stereocenters. The first-order valence-corrected chi connectivity index (χ1v) is 10.7. The average Bonchev–Trinajstić information content (AvgIpc) is 2.96. The van der Waals surface area contributed by atoms with Gasteiger partial charge in [-0.1, -0.05) is 49.0 Å². The SMILES string of the molecule is C=CC(=O)C1CSC(CS(=O)(=O)O)(c2cccc3ccccc23)S1. The van der Waals surface area contributed by atoms with Gasteiger partial charge in [-0.25, -0.2) is 0 Å². The van der Waals surface area contributed by atoms with Crippen LogP contribution in [0.3, 0.4) is 0 Å². The lowest BCUT2D eigenvalue weighted by molar-refractivity contribution is -0.113. The highest BCUT2D eigenvalue weighted by atomic mass is 32.2. The molecule has 0 spiro atoms. The smallest absolute Gasteiger partial charge is 0.267 e. The Morgan fingerprint density at radius 2 is 2.00 bits per heavy atom. The van der Waals surface area contributed by atoms with Crippen LogP contribution in [0.4, 0.5) is 0 Å². The lowest BCUT2D eigenvalue weighted by atomic mass is 10.0. The molecule has 1 aliphatic rings. The molecule has 2 aromatic carbocycles. The quantitative estimate of drug-likeness (QED) is 0.632. The molecule has 0 aliphatic carbocycles. The molecule has 1 N–H and O–H groups in total. The van der Waals surface area contributed by atoms with Gasteiger partial charge in [-0.15, -0.1) is 23.5 Å². The number of thioether (sulfide) groups is 2. The van der Waals surface area contributed by atoms with Gasteiger partial charge in [0.25, 0.3) is 10.1 Å². The standard InChI is InChI=1S/C17H16O4S3/c1-2-15(18)16-10-22-17(23-16,11-24(19,20)21)14-9-5-7-12-6-3-4-8-13(12)14/h2-9,16H,1,10-11H2,(H,19,20,21). The molecule has 3 rings (SSSR count). The monoisotopic (exact) mass is 380 g/mol. The van der Waals surface area contributed by atoms with Crippen molar-refractivity contribution in [3.8, 4) is 0 Å². The van der Waals surface area contributed by atoms with Gasteiger partial charge in [0, 0.05) is 5.75 Å². The minimum absolute atomic E-state index is 0.120. The Bertz CT molecular complexity index is 902. The number of fused-ring (bicyclic) bond motifs is 1. The summed E-state index contributed by atoms with van der Waals surface area (Å²) in [6, 6.07) is 13.4. The van der Waals surface area contributed by atoms with Gasteiger partial charge in [0.1, 0.15) is 9.83 Å². The Hall–Kier alpha value is -1.28. The van der Waals surface area contributed by atoms with Crippen molar-refractivity contribution in [3.05, 3.63) is 60.7 Å². The number of carbonyl (C=O) groups is 1. The van der Waals surface area contributed by atoms with Gasteiger partial charge in [-0.05, 0) is 22.4 Å². The number of rotatable bonds is 5. The Labute approximate surface area is 149 Å². The summed E-state index contributed by atoms with van der Waals surface area (Å²) in [6.45, 7) is 3.51. The second-order valence-corrected chi connectivity index (χ2v) is 10.1. The first-order valence-electron chi connectivity index (χ1n) is 7.26. The number of hydrogen-bond donors (Lipinski definition) is 1. The molecule has 2 atom stereocenters. The third-order valence-corrected chi connectivity index (χ3v) is 8.67. The van der Waals surface area contributed by atoms with Gasteiger partial charge in [-0.3, -0.25) is 9.35 Å². The molecule has 2 aromatic rings. The second-order valence-electron chi connectivity index (χ2n) is 5.53. The van der Waals surface area contributed by atoms with Crippen LogP contribution in [0.15, 0.2) is 55.1 Å². The van der Waals surface area contributed by atoms with Crippen LogP contribution in [0.2, 0.25) is 0 Å². The van der Waals surface area contributed by atoms with Crippen molar-refractivity contribution >= 4 is 50.2 Å². The summed E-state index contributed by atoms with van der Waals surface area (Å²) in [6.07, 6.45) is 1.27. The van der Waals surface area contributed by atoms with Crippen molar-refractivity contribution in [3.63, 3.8) is 0 Å². The van der Waals surface area contributed by atoms with Crippen molar-refractivity contribution in [2.24, 2.45) is 0 Å². The largest absolute Gasteiger partial charge is 0.294 e. The summed E-state index contributed by atoms with van der Waals surface area (Å²) in [4.78, 5) is 12.0. The van der Waals surface area contributed by atoms with Crippen molar-refractivity contribution in [2.45, 2.75) is 9.33 Å². The van der Waals surface area contributed by atoms with Crippen LogP contribution in [-0.4, -0.2) is 35.5 Å². The Balaban J connectivity index is 2.15. The van der Waals surface area contributed by atoms with Crippen LogP contribution in [-0.2, 0) is 19.0 Å². The van der Waals surface area contributed by atoms with E-state index in [2.05, 4.69) is 6.58 Å². The molecule has 0 bridgehead atoms. The van der Waals surface area contributed by atoms with Crippen molar-refractivity contribution in [2.75, 3.05) is 11.5 Å². The summed E-state index contributed by atoms with van der Waals surface area (Å²) in [7, 11) is -4.22.